The Labute approximate surface area is 171 Å². The van der Waals surface area contributed by atoms with Crippen molar-refractivity contribution < 1.29 is 0 Å². The van der Waals surface area contributed by atoms with Crippen LogP contribution in [0.25, 0.3) is 0 Å². The molecule has 0 unspecified atom stereocenters. The molecule has 1 saturated heterocycles. The van der Waals surface area contributed by atoms with Crippen LogP contribution >= 0.6 is 11.8 Å². The van der Waals surface area contributed by atoms with E-state index in [4.69, 9.17) is 4.98 Å². The molecule has 2 heterocycles. The zero-order chi connectivity index (χ0) is 19.9. The monoisotopic (exact) mass is 391 g/mol. The second-order valence-corrected chi connectivity index (χ2v) is 7.93. The van der Waals surface area contributed by atoms with Crippen molar-refractivity contribution in [3.05, 3.63) is 52.6 Å². The van der Waals surface area contributed by atoms with Gasteiger partial charge in [-0.25, -0.2) is 4.98 Å². The van der Waals surface area contributed by atoms with Gasteiger partial charge in [0.1, 0.15) is 23.0 Å². The predicted molar refractivity (Wildman–Crippen MR) is 113 cm³/mol. The Bertz CT molecular complexity index is 898. The fourth-order valence-corrected chi connectivity index (χ4v) is 4.46. The lowest BCUT2D eigenvalue weighted by atomic mass is 10.0. The van der Waals surface area contributed by atoms with Gasteiger partial charge in [0.05, 0.1) is 11.1 Å². The van der Waals surface area contributed by atoms with E-state index in [1.54, 1.807) is 11.8 Å². The SMILES string of the molecule is CCc1c(C#N)c(SCc2ccccc2)nc(N2CCCN(C)CC2)c1C#N. The van der Waals surface area contributed by atoms with Crippen LogP contribution in [0.15, 0.2) is 35.4 Å². The van der Waals surface area contributed by atoms with Gasteiger partial charge in [0.15, 0.2) is 0 Å². The molecule has 2 aromatic rings. The summed E-state index contributed by atoms with van der Waals surface area (Å²) < 4.78 is 0. The Morgan fingerprint density at radius 1 is 1.04 bits per heavy atom. The molecule has 0 radical (unpaired) electrons. The summed E-state index contributed by atoms with van der Waals surface area (Å²) in [7, 11) is 2.12. The van der Waals surface area contributed by atoms with Crippen LogP contribution in [0.3, 0.4) is 0 Å². The standard InChI is InChI=1S/C22H25N5S/c1-3-18-19(14-23)21(27-11-7-10-26(2)12-13-27)25-22(20(18)15-24)28-16-17-8-5-4-6-9-17/h4-6,8-9H,3,7,10-13,16H2,1-2H3. The van der Waals surface area contributed by atoms with Gasteiger partial charge in [-0.15, -0.1) is 11.8 Å². The molecule has 0 spiro atoms. The number of aromatic nitrogens is 1. The minimum absolute atomic E-state index is 0.552. The predicted octanol–water partition coefficient (Wildman–Crippen LogP) is 3.82. The minimum Gasteiger partial charge on any atom is -0.354 e. The fraction of sp³-hybridized carbons (Fsp3) is 0.409. The Hall–Kier alpha value is -2.54. The normalized spacial score (nSPS) is 14.9. The molecule has 0 aliphatic carbocycles. The summed E-state index contributed by atoms with van der Waals surface area (Å²) in [4.78, 5) is 9.38. The number of hydrogen-bond acceptors (Lipinski definition) is 6. The number of nitriles is 2. The van der Waals surface area contributed by atoms with Crippen molar-refractivity contribution in [3.63, 3.8) is 0 Å². The highest BCUT2D eigenvalue weighted by Crippen LogP contribution is 2.33. The third kappa shape index (κ3) is 4.47. The molecule has 0 amide bonds. The van der Waals surface area contributed by atoms with E-state index in [-0.39, 0.29) is 0 Å². The molecule has 0 bridgehead atoms. The third-order valence-electron chi connectivity index (χ3n) is 5.06. The zero-order valence-electron chi connectivity index (χ0n) is 16.5. The van der Waals surface area contributed by atoms with Crippen molar-refractivity contribution in [1.82, 2.24) is 9.88 Å². The van der Waals surface area contributed by atoms with Crippen molar-refractivity contribution in [3.8, 4) is 12.1 Å². The van der Waals surface area contributed by atoms with Crippen LogP contribution in [0.1, 0.15) is 35.6 Å². The van der Waals surface area contributed by atoms with Crippen LogP contribution in [-0.4, -0.2) is 43.1 Å². The Kier molecular flexibility index (Phi) is 6.92. The third-order valence-corrected chi connectivity index (χ3v) is 6.11. The number of thioether (sulfide) groups is 1. The largest absolute Gasteiger partial charge is 0.354 e. The summed E-state index contributed by atoms with van der Waals surface area (Å²) in [5.41, 5.74) is 3.13. The quantitative estimate of drug-likeness (QED) is 0.722. The Morgan fingerprint density at radius 3 is 2.46 bits per heavy atom. The highest BCUT2D eigenvalue weighted by Gasteiger charge is 2.24. The lowest BCUT2D eigenvalue weighted by Gasteiger charge is -2.25. The van der Waals surface area contributed by atoms with Crippen LogP contribution in [-0.2, 0) is 12.2 Å². The van der Waals surface area contributed by atoms with Crippen LogP contribution in [0.4, 0.5) is 5.82 Å². The molecule has 6 heteroatoms. The lowest BCUT2D eigenvalue weighted by Crippen LogP contribution is -2.30. The van der Waals surface area contributed by atoms with Crippen LogP contribution in [0, 0.1) is 22.7 Å². The average Bonchev–Trinajstić information content (AvgIpc) is 2.95. The molecule has 0 atom stereocenters. The molecule has 3 rings (SSSR count). The maximum atomic E-state index is 9.86. The number of benzene rings is 1. The van der Waals surface area contributed by atoms with Gasteiger partial charge in [0.2, 0.25) is 0 Å². The van der Waals surface area contributed by atoms with E-state index >= 15 is 0 Å². The fourth-order valence-electron chi connectivity index (χ4n) is 3.50. The van der Waals surface area contributed by atoms with E-state index < -0.39 is 0 Å². The smallest absolute Gasteiger partial charge is 0.148 e. The zero-order valence-corrected chi connectivity index (χ0v) is 17.3. The first-order valence-corrected chi connectivity index (χ1v) is 10.6. The molecule has 0 saturated carbocycles. The summed E-state index contributed by atoms with van der Waals surface area (Å²) in [6.07, 6.45) is 1.69. The first-order valence-electron chi connectivity index (χ1n) is 9.65. The van der Waals surface area contributed by atoms with Crippen LogP contribution in [0.2, 0.25) is 0 Å². The molecule has 28 heavy (non-hydrogen) atoms. The summed E-state index contributed by atoms with van der Waals surface area (Å²) in [5.74, 6) is 1.49. The van der Waals surface area contributed by atoms with Gasteiger partial charge in [0.25, 0.3) is 0 Å². The number of pyridine rings is 1. The maximum absolute atomic E-state index is 9.86. The van der Waals surface area contributed by atoms with Gasteiger partial charge >= 0.3 is 0 Å². The topological polar surface area (TPSA) is 67.0 Å². The molecule has 0 N–H and O–H groups in total. The molecule has 1 aliphatic rings. The number of rotatable bonds is 5. The van der Waals surface area contributed by atoms with E-state index in [1.165, 1.54) is 5.56 Å². The van der Waals surface area contributed by atoms with Crippen LogP contribution < -0.4 is 4.90 Å². The molecule has 1 fully saturated rings. The van der Waals surface area contributed by atoms with E-state index in [2.05, 4.69) is 41.1 Å². The molecule has 1 aliphatic heterocycles. The number of likely N-dealkylation sites (N-methyl/N-ethyl adjacent to an activating group) is 1. The minimum atomic E-state index is 0.552. The van der Waals surface area contributed by atoms with E-state index in [9.17, 15) is 10.5 Å². The average molecular weight is 392 g/mol. The first-order chi connectivity index (χ1) is 13.7. The summed E-state index contributed by atoms with van der Waals surface area (Å²) >= 11 is 1.58. The summed E-state index contributed by atoms with van der Waals surface area (Å²) in [5, 5.41) is 20.4. The Balaban J connectivity index is 2.01. The van der Waals surface area contributed by atoms with E-state index in [0.717, 1.165) is 54.8 Å². The van der Waals surface area contributed by atoms with Crippen molar-refractivity contribution in [1.29, 1.82) is 10.5 Å². The lowest BCUT2D eigenvalue weighted by molar-refractivity contribution is 0.360. The van der Waals surface area contributed by atoms with Gasteiger partial charge in [0, 0.05) is 25.4 Å². The summed E-state index contributed by atoms with van der Waals surface area (Å²) in [6.45, 7) is 5.72. The van der Waals surface area contributed by atoms with Gasteiger partial charge in [-0.3, -0.25) is 0 Å². The second kappa shape index (κ2) is 9.59. The van der Waals surface area contributed by atoms with Crippen molar-refractivity contribution in [2.75, 3.05) is 38.1 Å². The molecular weight excluding hydrogens is 366 g/mol. The second-order valence-electron chi connectivity index (χ2n) is 6.96. The van der Waals surface area contributed by atoms with Crippen molar-refractivity contribution in [2.24, 2.45) is 0 Å². The van der Waals surface area contributed by atoms with Crippen molar-refractivity contribution in [2.45, 2.75) is 30.5 Å². The van der Waals surface area contributed by atoms with E-state index in [1.807, 2.05) is 25.1 Å². The van der Waals surface area contributed by atoms with Gasteiger partial charge < -0.3 is 9.80 Å². The number of nitrogens with zero attached hydrogens (tertiary/aromatic N) is 5. The number of hydrogen-bond donors (Lipinski definition) is 0. The highest BCUT2D eigenvalue weighted by atomic mass is 32.2. The van der Waals surface area contributed by atoms with Crippen LogP contribution in [0.5, 0.6) is 0 Å². The number of anilines is 1. The van der Waals surface area contributed by atoms with Gasteiger partial charge in [-0.05, 0) is 37.6 Å². The first kappa shape index (κ1) is 20.2. The van der Waals surface area contributed by atoms with Gasteiger partial charge in [-0.1, -0.05) is 37.3 Å². The Morgan fingerprint density at radius 2 is 1.79 bits per heavy atom. The van der Waals surface area contributed by atoms with Crippen molar-refractivity contribution >= 4 is 17.6 Å². The van der Waals surface area contributed by atoms with E-state index in [0.29, 0.717) is 17.5 Å². The summed E-state index contributed by atoms with van der Waals surface area (Å²) in [6, 6.07) is 14.8. The maximum Gasteiger partial charge on any atom is 0.148 e. The molecule has 5 nitrogen and oxygen atoms in total. The molecule has 1 aromatic carbocycles. The molecular formula is C22H25N5S. The molecule has 1 aromatic heterocycles. The highest BCUT2D eigenvalue weighted by molar-refractivity contribution is 7.98. The molecule has 144 valence electrons. The van der Waals surface area contributed by atoms with Gasteiger partial charge in [-0.2, -0.15) is 10.5 Å².